The molecule has 1 unspecified atom stereocenters. The molecule has 0 bridgehead atoms. The average Bonchev–Trinajstić information content (AvgIpc) is 2.77. The van der Waals surface area contributed by atoms with Gasteiger partial charge in [-0.1, -0.05) is 50.2 Å². The summed E-state index contributed by atoms with van der Waals surface area (Å²) in [5.74, 6) is 0.315. The van der Waals surface area contributed by atoms with Gasteiger partial charge in [-0.05, 0) is 47.2 Å². The molecule has 1 atom stereocenters. The van der Waals surface area contributed by atoms with Gasteiger partial charge in [-0.3, -0.25) is 9.69 Å². The van der Waals surface area contributed by atoms with Gasteiger partial charge in [-0.15, -0.1) is 0 Å². The number of benzene rings is 2. The summed E-state index contributed by atoms with van der Waals surface area (Å²) in [5, 5.41) is 13.3. The van der Waals surface area contributed by atoms with E-state index in [4.69, 9.17) is 4.74 Å². The highest BCUT2D eigenvalue weighted by atomic mass is 16.5. The van der Waals surface area contributed by atoms with E-state index in [-0.39, 0.29) is 5.91 Å². The highest BCUT2D eigenvalue weighted by Crippen LogP contribution is 2.20. The van der Waals surface area contributed by atoms with Crippen LogP contribution in [0.3, 0.4) is 0 Å². The summed E-state index contributed by atoms with van der Waals surface area (Å²) in [6.07, 6.45) is 3.52. The van der Waals surface area contributed by atoms with Crippen molar-refractivity contribution < 1.29 is 14.6 Å². The Kier molecular flexibility index (Phi) is 8.20. The first-order valence-corrected chi connectivity index (χ1v) is 10.7. The molecule has 2 N–H and O–H groups in total. The Hall–Kier alpha value is -2.47. The number of ether oxygens (including phenoxy) is 1. The number of aliphatic hydroxyl groups excluding tert-OH is 1. The third kappa shape index (κ3) is 6.80. The number of morpholine rings is 1. The fourth-order valence-corrected chi connectivity index (χ4v) is 3.43. The Morgan fingerprint density at radius 2 is 1.70 bits per heavy atom. The monoisotopic (exact) mass is 408 g/mol. The molecule has 0 spiro atoms. The summed E-state index contributed by atoms with van der Waals surface area (Å²) < 4.78 is 5.35. The lowest BCUT2D eigenvalue weighted by Crippen LogP contribution is -2.37. The highest BCUT2D eigenvalue weighted by molar-refractivity contribution is 6.01. The van der Waals surface area contributed by atoms with E-state index in [2.05, 4.69) is 36.2 Å². The van der Waals surface area contributed by atoms with Crippen LogP contribution in [-0.2, 0) is 9.53 Å². The molecule has 1 saturated heterocycles. The van der Waals surface area contributed by atoms with Crippen LogP contribution in [0, 0.1) is 0 Å². The number of aliphatic hydroxyl groups is 1. The Balaban J connectivity index is 1.47. The van der Waals surface area contributed by atoms with E-state index in [9.17, 15) is 9.90 Å². The molecule has 0 saturated carbocycles. The SMILES string of the molecule is CC(C)c1ccc(/C=C/C(=O)Nc2ccc(C(O)CCN3CCOCC3)cc2)cc1. The second kappa shape index (κ2) is 11.1. The van der Waals surface area contributed by atoms with E-state index >= 15 is 0 Å². The largest absolute Gasteiger partial charge is 0.388 e. The van der Waals surface area contributed by atoms with Crippen LogP contribution in [0.4, 0.5) is 5.69 Å². The maximum Gasteiger partial charge on any atom is 0.248 e. The van der Waals surface area contributed by atoms with Crippen LogP contribution in [0.15, 0.2) is 54.6 Å². The van der Waals surface area contributed by atoms with Gasteiger partial charge in [0.2, 0.25) is 5.91 Å². The lowest BCUT2D eigenvalue weighted by Gasteiger charge is -2.27. The number of anilines is 1. The number of nitrogens with zero attached hydrogens (tertiary/aromatic N) is 1. The van der Waals surface area contributed by atoms with Crippen molar-refractivity contribution in [3.63, 3.8) is 0 Å². The van der Waals surface area contributed by atoms with Crippen molar-refractivity contribution >= 4 is 17.7 Å². The first-order chi connectivity index (χ1) is 14.5. The highest BCUT2D eigenvalue weighted by Gasteiger charge is 2.13. The minimum Gasteiger partial charge on any atom is -0.388 e. The first kappa shape index (κ1) is 22.2. The quantitative estimate of drug-likeness (QED) is 0.642. The van der Waals surface area contributed by atoms with Crippen LogP contribution in [0.25, 0.3) is 6.08 Å². The van der Waals surface area contributed by atoms with Gasteiger partial charge in [-0.2, -0.15) is 0 Å². The van der Waals surface area contributed by atoms with E-state index in [0.717, 1.165) is 44.0 Å². The molecule has 5 heteroatoms. The minimum atomic E-state index is -0.508. The van der Waals surface area contributed by atoms with E-state index in [1.807, 2.05) is 42.5 Å². The van der Waals surface area contributed by atoms with E-state index in [0.29, 0.717) is 18.0 Å². The van der Waals surface area contributed by atoms with Crippen molar-refractivity contribution in [3.8, 4) is 0 Å². The van der Waals surface area contributed by atoms with Crippen molar-refractivity contribution in [2.45, 2.75) is 32.3 Å². The summed E-state index contributed by atoms with van der Waals surface area (Å²) in [6.45, 7) is 8.55. The molecule has 160 valence electrons. The van der Waals surface area contributed by atoms with Gasteiger partial charge in [0.05, 0.1) is 19.3 Å². The molecule has 1 heterocycles. The second-order valence-corrected chi connectivity index (χ2v) is 8.02. The van der Waals surface area contributed by atoms with E-state index < -0.39 is 6.10 Å². The Morgan fingerprint density at radius 3 is 2.33 bits per heavy atom. The molecular weight excluding hydrogens is 376 g/mol. The van der Waals surface area contributed by atoms with Crippen LogP contribution >= 0.6 is 0 Å². The van der Waals surface area contributed by atoms with Crippen LogP contribution < -0.4 is 5.32 Å². The zero-order valence-electron chi connectivity index (χ0n) is 17.9. The van der Waals surface area contributed by atoms with Crippen LogP contribution in [0.2, 0.25) is 0 Å². The van der Waals surface area contributed by atoms with Crippen LogP contribution in [0.5, 0.6) is 0 Å². The maximum absolute atomic E-state index is 12.2. The van der Waals surface area contributed by atoms with Gasteiger partial charge in [0.15, 0.2) is 0 Å². The second-order valence-electron chi connectivity index (χ2n) is 8.02. The molecule has 0 radical (unpaired) electrons. The number of carbonyl (C=O) groups excluding carboxylic acids is 1. The molecule has 1 aliphatic rings. The zero-order valence-corrected chi connectivity index (χ0v) is 17.9. The molecule has 2 aromatic carbocycles. The Morgan fingerprint density at radius 1 is 1.07 bits per heavy atom. The van der Waals surface area contributed by atoms with Gasteiger partial charge < -0.3 is 15.2 Å². The predicted octanol–water partition coefficient (Wildman–Crippen LogP) is 4.22. The number of rotatable bonds is 8. The average molecular weight is 409 g/mol. The number of carbonyl (C=O) groups is 1. The molecule has 2 aromatic rings. The molecule has 30 heavy (non-hydrogen) atoms. The summed E-state index contributed by atoms with van der Waals surface area (Å²) in [6, 6.07) is 15.6. The first-order valence-electron chi connectivity index (χ1n) is 10.7. The Labute approximate surface area is 179 Å². The molecule has 0 aromatic heterocycles. The standard InChI is InChI=1S/C25H32N2O3/c1-19(2)21-6-3-20(4-7-21)5-12-25(29)26-23-10-8-22(9-11-23)24(28)13-14-27-15-17-30-18-16-27/h3-12,19,24,28H,13-18H2,1-2H3,(H,26,29)/b12-5+. The Bertz CT molecular complexity index is 822. The summed E-state index contributed by atoms with van der Waals surface area (Å²) in [7, 11) is 0. The van der Waals surface area contributed by atoms with Crippen LogP contribution in [0.1, 0.15) is 49.0 Å². The summed E-state index contributed by atoms with van der Waals surface area (Å²) in [4.78, 5) is 14.5. The molecule has 5 nitrogen and oxygen atoms in total. The van der Waals surface area contributed by atoms with E-state index in [1.165, 1.54) is 11.6 Å². The smallest absolute Gasteiger partial charge is 0.248 e. The van der Waals surface area contributed by atoms with Gasteiger partial charge >= 0.3 is 0 Å². The third-order valence-corrected chi connectivity index (χ3v) is 5.42. The van der Waals surface area contributed by atoms with Gasteiger partial charge in [0.1, 0.15) is 0 Å². The minimum absolute atomic E-state index is 0.177. The lowest BCUT2D eigenvalue weighted by molar-refractivity contribution is -0.111. The van der Waals surface area contributed by atoms with E-state index in [1.54, 1.807) is 0 Å². The fourth-order valence-electron chi connectivity index (χ4n) is 3.43. The van der Waals surface area contributed by atoms with Gasteiger partial charge in [0, 0.05) is 31.4 Å². The van der Waals surface area contributed by atoms with Crippen molar-refractivity contribution in [2.24, 2.45) is 0 Å². The molecule has 3 rings (SSSR count). The van der Waals surface area contributed by atoms with Gasteiger partial charge in [0.25, 0.3) is 0 Å². The third-order valence-electron chi connectivity index (χ3n) is 5.42. The number of hydrogen-bond donors (Lipinski definition) is 2. The lowest BCUT2D eigenvalue weighted by atomic mass is 10.0. The van der Waals surface area contributed by atoms with Crippen molar-refractivity contribution in [3.05, 3.63) is 71.3 Å². The molecule has 1 fully saturated rings. The maximum atomic E-state index is 12.2. The summed E-state index contributed by atoms with van der Waals surface area (Å²) >= 11 is 0. The number of hydrogen-bond acceptors (Lipinski definition) is 4. The number of nitrogens with one attached hydrogen (secondary N) is 1. The zero-order chi connectivity index (χ0) is 21.3. The van der Waals surface area contributed by atoms with Crippen molar-refractivity contribution in [1.82, 2.24) is 4.90 Å². The summed E-state index contributed by atoms with van der Waals surface area (Å²) in [5.41, 5.74) is 3.85. The normalized spacial score (nSPS) is 16.1. The predicted molar refractivity (Wildman–Crippen MR) is 121 cm³/mol. The molecular formula is C25H32N2O3. The van der Waals surface area contributed by atoms with Crippen molar-refractivity contribution in [1.29, 1.82) is 0 Å². The van der Waals surface area contributed by atoms with Crippen molar-refractivity contribution in [2.75, 3.05) is 38.2 Å². The topological polar surface area (TPSA) is 61.8 Å². The molecule has 1 amide bonds. The van der Waals surface area contributed by atoms with Gasteiger partial charge in [-0.25, -0.2) is 0 Å². The molecule has 1 aliphatic heterocycles. The number of amides is 1. The fraction of sp³-hybridized carbons (Fsp3) is 0.400. The molecule has 0 aliphatic carbocycles. The van der Waals surface area contributed by atoms with Crippen LogP contribution in [-0.4, -0.2) is 48.8 Å².